The van der Waals surface area contributed by atoms with E-state index in [1.807, 2.05) is 0 Å². The third kappa shape index (κ3) is 2.90. The van der Waals surface area contributed by atoms with Crippen LogP contribution in [0.2, 0.25) is 0 Å². The van der Waals surface area contributed by atoms with E-state index in [2.05, 4.69) is 19.9 Å². The van der Waals surface area contributed by atoms with Crippen LogP contribution in [0.1, 0.15) is 6.92 Å². The molecule has 0 aliphatic rings. The molecule has 0 unspecified atom stereocenters. The van der Waals surface area contributed by atoms with Crippen LogP contribution in [0.3, 0.4) is 0 Å². The van der Waals surface area contributed by atoms with Crippen molar-refractivity contribution in [2.45, 2.75) is 19.8 Å². The molecule has 0 amide bonds. The standard InChI is InChI=1S/C11H15N5O4/c1-2-12-11-14-9-8(10(19)15-11)13-5-16(9)6-20-7(3-17)4-18/h2,5,7,17-18H,3-4,6H2,1H3,(H,14,15,19)/b12-2+. The second-order valence-corrected chi connectivity index (χ2v) is 3.95. The number of aliphatic imine (C=N–C) groups is 1. The molecular weight excluding hydrogens is 266 g/mol. The molecule has 0 aromatic carbocycles. The number of H-pyrrole nitrogens is 1. The molecule has 0 saturated heterocycles. The van der Waals surface area contributed by atoms with E-state index in [0.717, 1.165) is 0 Å². The van der Waals surface area contributed by atoms with Crippen LogP contribution >= 0.6 is 0 Å². The van der Waals surface area contributed by atoms with E-state index in [-0.39, 0.29) is 31.4 Å². The predicted molar refractivity (Wildman–Crippen MR) is 71.0 cm³/mol. The SMILES string of the molecule is C/C=N/c1nc2c(ncn2COC(CO)CO)c(=O)[nH]1. The molecule has 2 aromatic heterocycles. The normalized spacial score (nSPS) is 12.0. The summed E-state index contributed by atoms with van der Waals surface area (Å²) >= 11 is 0. The number of hydrogen-bond acceptors (Lipinski definition) is 7. The molecule has 20 heavy (non-hydrogen) atoms. The summed E-state index contributed by atoms with van der Waals surface area (Å²) in [5.41, 5.74) is 0.104. The molecule has 108 valence electrons. The quantitative estimate of drug-likeness (QED) is 0.593. The van der Waals surface area contributed by atoms with Gasteiger partial charge in [-0.15, -0.1) is 0 Å². The first-order valence-corrected chi connectivity index (χ1v) is 5.96. The molecular formula is C11H15N5O4. The van der Waals surface area contributed by atoms with Crippen LogP contribution in [0.5, 0.6) is 0 Å². The first-order chi connectivity index (χ1) is 9.69. The monoisotopic (exact) mass is 281 g/mol. The lowest BCUT2D eigenvalue weighted by molar-refractivity contribution is -0.0488. The Hall–Kier alpha value is -2.10. The highest BCUT2D eigenvalue weighted by atomic mass is 16.5. The van der Waals surface area contributed by atoms with Crippen LogP contribution in [0, 0.1) is 0 Å². The largest absolute Gasteiger partial charge is 0.394 e. The Labute approximate surface area is 113 Å². The average molecular weight is 281 g/mol. The predicted octanol–water partition coefficient (Wildman–Crippen LogP) is -0.831. The number of aromatic nitrogens is 4. The van der Waals surface area contributed by atoms with Crippen LogP contribution in [-0.4, -0.2) is 55.3 Å². The van der Waals surface area contributed by atoms with E-state index in [9.17, 15) is 4.79 Å². The van der Waals surface area contributed by atoms with Gasteiger partial charge >= 0.3 is 0 Å². The minimum Gasteiger partial charge on any atom is -0.394 e. The van der Waals surface area contributed by atoms with Gasteiger partial charge in [-0.05, 0) is 6.92 Å². The van der Waals surface area contributed by atoms with E-state index in [0.29, 0.717) is 5.65 Å². The second kappa shape index (κ2) is 6.37. The van der Waals surface area contributed by atoms with Gasteiger partial charge in [-0.25, -0.2) is 9.98 Å². The molecule has 0 atom stereocenters. The minimum atomic E-state index is -0.692. The van der Waals surface area contributed by atoms with Crippen LogP contribution in [0.4, 0.5) is 5.95 Å². The van der Waals surface area contributed by atoms with Crippen LogP contribution < -0.4 is 5.56 Å². The van der Waals surface area contributed by atoms with Crippen molar-refractivity contribution < 1.29 is 14.9 Å². The molecule has 0 bridgehead atoms. The molecule has 0 aliphatic carbocycles. The molecule has 0 saturated carbocycles. The lowest BCUT2D eigenvalue weighted by Crippen LogP contribution is -2.23. The van der Waals surface area contributed by atoms with Crippen molar-refractivity contribution in [3.8, 4) is 0 Å². The number of ether oxygens (including phenoxy) is 1. The number of imidazole rings is 1. The summed E-state index contributed by atoms with van der Waals surface area (Å²) in [5.74, 6) is 0.174. The maximum atomic E-state index is 11.8. The smallest absolute Gasteiger partial charge is 0.280 e. The summed E-state index contributed by atoms with van der Waals surface area (Å²) in [6.45, 7) is 1.11. The zero-order chi connectivity index (χ0) is 14.5. The van der Waals surface area contributed by atoms with Crippen molar-refractivity contribution in [1.29, 1.82) is 0 Å². The molecule has 9 nitrogen and oxygen atoms in total. The number of aromatic amines is 1. The molecule has 0 radical (unpaired) electrons. The Morgan fingerprint density at radius 2 is 2.30 bits per heavy atom. The molecule has 2 heterocycles. The zero-order valence-corrected chi connectivity index (χ0v) is 10.9. The van der Waals surface area contributed by atoms with Crippen molar-refractivity contribution in [3.05, 3.63) is 16.7 Å². The van der Waals surface area contributed by atoms with Gasteiger partial charge in [0.25, 0.3) is 5.56 Å². The highest BCUT2D eigenvalue weighted by Crippen LogP contribution is 2.10. The third-order valence-electron chi connectivity index (χ3n) is 2.57. The Balaban J connectivity index is 2.32. The number of aliphatic hydroxyl groups excluding tert-OH is 2. The van der Waals surface area contributed by atoms with Gasteiger partial charge < -0.3 is 14.9 Å². The maximum Gasteiger partial charge on any atom is 0.280 e. The Kier molecular flexibility index (Phi) is 4.56. The molecule has 2 rings (SSSR count). The minimum absolute atomic E-state index is 0.00796. The van der Waals surface area contributed by atoms with E-state index in [1.54, 1.807) is 6.92 Å². The second-order valence-electron chi connectivity index (χ2n) is 3.95. The van der Waals surface area contributed by atoms with E-state index >= 15 is 0 Å². The molecule has 3 N–H and O–H groups in total. The van der Waals surface area contributed by atoms with Gasteiger partial charge in [0.05, 0.1) is 19.5 Å². The van der Waals surface area contributed by atoms with Gasteiger partial charge in [0, 0.05) is 6.21 Å². The fraction of sp³-hybridized carbons (Fsp3) is 0.455. The first-order valence-electron chi connectivity index (χ1n) is 5.96. The summed E-state index contributed by atoms with van der Waals surface area (Å²) in [5, 5.41) is 17.9. The number of rotatable bonds is 6. The average Bonchev–Trinajstić information content (AvgIpc) is 2.84. The number of hydrogen-bond donors (Lipinski definition) is 3. The summed E-state index contributed by atoms with van der Waals surface area (Å²) < 4.78 is 6.76. The highest BCUT2D eigenvalue weighted by molar-refractivity contribution is 5.71. The first kappa shape index (κ1) is 14.3. The molecule has 0 fully saturated rings. The van der Waals surface area contributed by atoms with Gasteiger partial charge in [-0.1, -0.05) is 0 Å². The van der Waals surface area contributed by atoms with Crippen molar-refractivity contribution in [3.63, 3.8) is 0 Å². The van der Waals surface area contributed by atoms with Gasteiger partial charge in [-0.2, -0.15) is 4.98 Å². The van der Waals surface area contributed by atoms with Crippen molar-refractivity contribution in [1.82, 2.24) is 19.5 Å². The fourth-order valence-corrected chi connectivity index (χ4v) is 1.57. The molecule has 0 spiro atoms. The van der Waals surface area contributed by atoms with Crippen LogP contribution in [-0.2, 0) is 11.5 Å². The Bertz CT molecular complexity index is 658. The Morgan fingerprint density at radius 3 is 2.95 bits per heavy atom. The topological polar surface area (TPSA) is 126 Å². The number of nitrogens with zero attached hydrogens (tertiary/aromatic N) is 4. The third-order valence-corrected chi connectivity index (χ3v) is 2.57. The number of aliphatic hydroxyl groups is 2. The lowest BCUT2D eigenvalue weighted by Gasteiger charge is -2.12. The van der Waals surface area contributed by atoms with Crippen molar-refractivity contribution in [2.24, 2.45) is 4.99 Å². The van der Waals surface area contributed by atoms with Crippen molar-refractivity contribution in [2.75, 3.05) is 13.2 Å². The fourth-order valence-electron chi connectivity index (χ4n) is 1.57. The summed E-state index contributed by atoms with van der Waals surface area (Å²) in [7, 11) is 0. The van der Waals surface area contributed by atoms with E-state index in [4.69, 9.17) is 14.9 Å². The van der Waals surface area contributed by atoms with E-state index < -0.39 is 11.7 Å². The van der Waals surface area contributed by atoms with Gasteiger partial charge in [0.2, 0.25) is 5.95 Å². The molecule has 2 aromatic rings. The summed E-state index contributed by atoms with van der Waals surface area (Å²) in [6, 6.07) is 0. The van der Waals surface area contributed by atoms with Crippen LogP contribution in [0.25, 0.3) is 11.2 Å². The van der Waals surface area contributed by atoms with E-state index in [1.165, 1.54) is 17.1 Å². The Morgan fingerprint density at radius 1 is 1.55 bits per heavy atom. The molecule has 9 heteroatoms. The van der Waals surface area contributed by atoms with Gasteiger partial charge in [0.1, 0.15) is 12.8 Å². The van der Waals surface area contributed by atoms with Crippen molar-refractivity contribution >= 4 is 23.3 Å². The highest BCUT2D eigenvalue weighted by Gasteiger charge is 2.12. The molecule has 0 aliphatic heterocycles. The zero-order valence-electron chi connectivity index (χ0n) is 10.9. The summed E-state index contributed by atoms with van der Waals surface area (Å²) in [4.78, 5) is 26.3. The van der Waals surface area contributed by atoms with Gasteiger partial charge in [0.15, 0.2) is 11.2 Å². The number of fused-ring (bicyclic) bond motifs is 1. The lowest BCUT2D eigenvalue weighted by atomic mass is 10.4. The van der Waals surface area contributed by atoms with Crippen LogP contribution in [0.15, 0.2) is 16.1 Å². The summed E-state index contributed by atoms with van der Waals surface area (Å²) in [6.07, 6.45) is 2.22. The maximum absolute atomic E-state index is 11.8. The number of nitrogens with one attached hydrogen (secondary N) is 1. The van der Waals surface area contributed by atoms with Gasteiger partial charge in [-0.3, -0.25) is 14.3 Å².